The fraction of sp³-hybridized carbons (Fsp3) is 0.400. The van der Waals surface area contributed by atoms with Crippen LogP contribution in [0.3, 0.4) is 0 Å². The van der Waals surface area contributed by atoms with Crippen molar-refractivity contribution in [3.63, 3.8) is 0 Å². The molecule has 9 heteroatoms. The number of nitrogens with zero attached hydrogens (tertiary/aromatic N) is 4. The van der Waals surface area contributed by atoms with E-state index >= 15 is 0 Å². The number of rotatable bonds is 5. The van der Waals surface area contributed by atoms with Crippen molar-refractivity contribution in [1.29, 1.82) is 0 Å². The number of piperazine rings is 1. The predicted octanol–water partition coefficient (Wildman–Crippen LogP) is 3.43. The predicted molar refractivity (Wildman–Crippen MR) is 129 cm³/mol. The van der Waals surface area contributed by atoms with Gasteiger partial charge in [0.1, 0.15) is 0 Å². The van der Waals surface area contributed by atoms with Crippen LogP contribution in [0, 0.1) is 27.7 Å². The Morgan fingerprint density at radius 3 is 2.41 bits per heavy atom. The van der Waals surface area contributed by atoms with Crippen molar-refractivity contribution in [3.8, 4) is 11.5 Å². The van der Waals surface area contributed by atoms with E-state index in [1.165, 1.54) is 4.31 Å². The summed E-state index contributed by atoms with van der Waals surface area (Å²) in [6.07, 6.45) is 0.00492. The number of aromatic nitrogens is 2. The third kappa shape index (κ3) is 4.76. The summed E-state index contributed by atoms with van der Waals surface area (Å²) < 4.78 is 33.8. The summed E-state index contributed by atoms with van der Waals surface area (Å²) in [5.41, 5.74) is 4.39. The van der Waals surface area contributed by atoms with Crippen molar-refractivity contribution in [2.45, 2.75) is 52.0 Å². The lowest BCUT2D eigenvalue weighted by molar-refractivity contribution is -0.132. The van der Waals surface area contributed by atoms with Gasteiger partial charge < -0.3 is 9.42 Å². The van der Waals surface area contributed by atoms with Gasteiger partial charge >= 0.3 is 0 Å². The highest BCUT2D eigenvalue weighted by atomic mass is 32.2. The van der Waals surface area contributed by atoms with Crippen LogP contribution < -0.4 is 0 Å². The summed E-state index contributed by atoms with van der Waals surface area (Å²) >= 11 is 0. The lowest BCUT2D eigenvalue weighted by Gasteiger charge is -2.39. The molecule has 2 heterocycles. The third-order valence-corrected chi connectivity index (χ3v) is 8.45. The van der Waals surface area contributed by atoms with Crippen molar-refractivity contribution in [2.75, 3.05) is 19.6 Å². The summed E-state index contributed by atoms with van der Waals surface area (Å²) in [7, 11) is -3.67. The molecule has 4 rings (SSSR count). The Kier molecular flexibility index (Phi) is 6.60. The highest BCUT2D eigenvalue weighted by Crippen LogP contribution is 2.28. The second-order valence-corrected chi connectivity index (χ2v) is 10.9. The number of hydrogen-bond acceptors (Lipinski definition) is 6. The number of carbonyl (C=O) groups excluding carboxylic acids is 1. The normalized spacial score (nSPS) is 17.2. The molecule has 8 nitrogen and oxygen atoms in total. The number of carbonyl (C=O) groups is 1. The maximum atomic E-state index is 13.5. The summed E-state index contributed by atoms with van der Waals surface area (Å²) in [4.78, 5) is 19.3. The van der Waals surface area contributed by atoms with Crippen molar-refractivity contribution in [1.82, 2.24) is 19.3 Å². The summed E-state index contributed by atoms with van der Waals surface area (Å²) in [5, 5.41) is 3.96. The first-order valence-corrected chi connectivity index (χ1v) is 12.8. The Morgan fingerprint density at radius 1 is 1.06 bits per heavy atom. The molecule has 2 aromatic carbocycles. The quantitative estimate of drug-likeness (QED) is 0.553. The maximum Gasteiger partial charge on any atom is 0.257 e. The number of amides is 1. The maximum absolute atomic E-state index is 13.5. The van der Waals surface area contributed by atoms with Gasteiger partial charge in [0, 0.05) is 31.2 Å². The van der Waals surface area contributed by atoms with E-state index in [9.17, 15) is 13.2 Å². The molecule has 1 saturated heterocycles. The lowest BCUT2D eigenvalue weighted by atomic mass is 10.1. The molecule has 0 aliphatic carbocycles. The van der Waals surface area contributed by atoms with Crippen molar-refractivity contribution in [2.24, 2.45) is 0 Å². The molecule has 1 atom stereocenters. The summed E-state index contributed by atoms with van der Waals surface area (Å²) in [5.74, 6) is 0.540. The number of hydrogen-bond donors (Lipinski definition) is 0. The second-order valence-electron chi connectivity index (χ2n) is 9.09. The van der Waals surface area contributed by atoms with Crippen LogP contribution in [0.2, 0.25) is 0 Å². The SMILES string of the molecule is Cc1cccc(-c2nc(CC(=O)N3CCN(S(=O)(=O)c4c(C)cc(C)cc4C)[C@@H](C)C3)no2)c1. The molecule has 0 unspecified atom stereocenters. The van der Waals surface area contributed by atoms with Crippen LogP contribution in [0.15, 0.2) is 45.8 Å². The molecule has 1 aliphatic rings. The van der Waals surface area contributed by atoms with Gasteiger partial charge in [0.2, 0.25) is 15.9 Å². The van der Waals surface area contributed by atoms with Crippen molar-refractivity contribution in [3.05, 3.63) is 64.5 Å². The van der Waals surface area contributed by atoms with Gasteiger partial charge in [-0.15, -0.1) is 0 Å². The zero-order valence-corrected chi connectivity index (χ0v) is 21.0. The molecule has 1 fully saturated rings. The molecule has 1 amide bonds. The van der Waals surface area contributed by atoms with E-state index in [4.69, 9.17) is 4.52 Å². The van der Waals surface area contributed by atoms with Crippen molar-refractivity contribution < 1.29 is 17.7 Å². The molecule has 0 bridgehead atoms. The average Bonchev–Trinajstić information content (AvgIpc) is 3.21. The molecule has 0 spiro atoms. The number of sulfonamides is 1. The first-order chi connectivity index (χ1) is 16.1. The fourth-order valence-corrected chi connectivity index (χ4v) is 6.71. The van der Waals surface area contributed by atoms with Crippen LogP contribution in [0.1, 0.15) is 35.0 Å². The molecular formula is C25H30N4O4S. The second kappa shape index (κ2) is 9.31. The molecule has 3 aromatic rings. The smallest absolute Gasteiger partial charge is 0.257 e. The summed E-state index contributed by atoms with van der Waals surface area (Å²) in [6.45, 7) is 10.3. The Morgan fingerprint density at radius 2 is 1.76 bits per heavy atom. The van der Waals surface area contributed by atoms with E-state index < -0.39 is 10.0 Å². The van der Waals surface area contributed by atoms with Crippen LogP contribution in [0.25, 0.3) is 11.5 Å². The lowest BCUT2D eigenvalue weighted by Crippen LogP contribution is -2.55. The minimum atomic E-state index is -3.67. The third-order valence-electron chi connectivity index (χ3n) is 6.13. The largest absolute Gasteiger partial charge is 0.339 e. The minimum Gasteiger partial charge on any atom is -0.339 e. The molecule has 0 N–H and O–H groups in total. The van der Waals surface area contributed by atoms with Gasteiger partial charge in [0.05, 0.1) is 11.3 Å². The standard InChI is InChI=1S/C25H30N4O4S/c1-16-7-6-8-21(13-16)25-26-22(27-33-25)14-23(30)28-9-10-29(20(5)15-28)34(31,32)24-18(3)11-17(2)12-19(24)4/h6-8,11-13,20H,9-10,14-15H2,1-5H3/t20-/m0/s1. The molecule has 0 saturated carbocycles. The molecule has 34 heavy (non-hydrogen) atoms. The number of aryl methyl sites for hydroxylation is 4. The van der Waals surface area contributed by atoms with Gasteiger partial charge in [-0.3, -0.25) is 4.79 Å². The molecule has 180 valence electrons. The first kappa shape index (κ1) is 24.1. The van der Waals surface area contributed by atoms with Crippen LogP contribution in [-0.4, -0.2) is 59.3 Å². The molecule has 0 radical (unpaired) electrons. The van der Waals surface area contributed by atoms with Crippen LogP contribution in [0.5, 0.6) is 0 Å². The zero-order chi connectivity index (χ0) is 24.6. The van der Waals surface area contributed by atoms with E-state index in [1.807, 2.05) is 71.0 Å². The molecule has 1 aliphatic heterocycles. The van der Waals surface area contributed by atoms with E-state index in [0.29, 0.717) is 29.7 Å². The van der Waals surface area contributed by atoms with E-state index in [2.05, 4.69) is 10.1 Å². The fourth-order valence-electron chi connectivity index (χ4n) is 4.68. The Bertz CT molecular complexity index is 1310. The topological polar surface area (TPSA) is 96.6 Å². The van der Waals surface area contributed by atoms with Gasteiger partial charge in [-0.25, -0.2) is 8.42 Å². The Hall–Kier alpha value is -3.04. The highest BCUT2D eigenvalue weighted by molar-refractivity contribution is 7.89. The van der Waals surface area contributed by atoms with Gasteiger partial charge in [0.15, 0.2) is 5.82 Å². The molecule has 1 aromatic heterocycles. The Labute approximate surface area is 200 Å². The van der Waals surface area contributed by atoms with E-state index in [1.54, 1.807) is 4.90 Å². The number of benzene rings is 2. The van der Waals surface area contributed by atoms with Gasteiger partial charge in [-0.2, -0.15) is 9.29 Å². The minimum absolute atomic E-state index is 0.00492. The van der Waals surface area contributed by atoms with E-state index in [-0.39, 0.29) is 24.9 Å². The van der Waals surface area contributed by atoms with E-state index in [0.717, 1.165) is 27.8 Å². The van der Waals surface area contributed by atoms with Crippen LogP contribution in [-0.2, 0) is 21.2 Å². The average molecular weight is 483 g/mol. The van der Waals surface area contributed by atoms with Crippen molar-refractivity contribution >= 4 is 15.9 Å². The van der Waals surface area contributed by atoms with Gasteiger partial charge in [-0.1, -0.05) is 40.5 Å². The Balaban J connectivity index is 1.44. The zero-order valence-electron chi connectivity index (χ0n) is 20.2. The summed E-state index contributed by atoms with van der Waals surface area (Å²) in [6, 6.07) is 11.1. The van der Waals surface area contributed by atoms with Crippen LogP contribution >= 0.6 is 0 Å². The first-order valence-electron chi connectivity index (χ1n) is 11.3. The highest BCUT2D eigenvalue weighted by Gasteiger charge is 2.36. The molecular weight excluding hydrogens is 452 g/mol. The van der Waals surface area contributed by atoms with Crippen LogP contribution in [0.4, 0.5) is 0 Å². The van der Waals surface area contributed by atoms with Gasteiger partial charge in [-0.05, 0) is 57.9 Å². The monoisotopic (exact) mass is 482 g/mol. The van der Waals surface area contributed by atoms with Gasteiger partial charge in [0.25, 0.3) is 5.89 Å².